The van der Waals surface area contributed by atoms with Gasteiger partial charge in [-0.15, -0.1) is 0 Å². The normalized spacial score (nSPS) is 17.2. The summed E-state index contributed by atoms with van der Waals surface area (Å²) in [5.74, 6) is 0.0453. The van der Waals surface area contributed by atoms with Crippen LogP contribution in [0, 0.1) is 12.8 Å². The Morgan fingerprint density at radius 2 is 1.91 bits per heavy atom. The summed E-state index contributed by atoms with van der Waals surface area (Å²) >= 11 is 5.86. The molecular formula is C22H23ClN4O4S. The lowest BCUT2D eigenvalue weighted by atomic mass is 9.99. The molecule has 0 radical (unpaired) electrons. The smallest absolute Gasteiger partial charge is 0.246 e. The summed E-state index contributed by atoms with van der Waals surface area (Å²) in [6.45, 7) is 2.57. The summed E-state index contributed by atoms with van der Waals surface area (Å²) in [6, 6.07) is 13.8. The van der Waals surface area contributed by atoms with Crippen LogP contribution in [0.15, 0.2) is 57.9 Å². The van der Waals surface area contributed by atoms with E-state index in [1.54, 1.807) is 0 Å². The van der Waals surface area contributed by atoms with Crippen LogP contribution in [0.3, 0.4) is 0 Å². The fraction of sp³-hybridized carbons (Fsp3) is 0.318. The fourth-order valence-electron chi connectivity index (χ4n) is 3.58. The molecule has 8 nitrogen and oxygen atoms in total. The second-order valence-electron chi connectivity index (χ2n) is 7.75. The third-order valence-electron chi connectivity index (χ3n) is 5.40. The van der Waals surface area contributed by atoms with Crippen LogP contribution < -0.4 is 5.32 Å². The van der Waals surface area contributed by atoms with Crippen molar-refractivity contribution in [3.8, 4) is 11.4 Å². The minimum absolute atomic E-state index is 0.0815. The van der Waals surface area contributed by atoms with Gasteiger partial charge in [-0.25, -0.2) is 8.42 Å². The summed E-state index contributed by atoms with van der Waals surface area (Å²) in [5, 5.41) is 7.21. The summed E-state index contributed by atoms with van der Waals surface area (Å²) in [7, 11) is -3.69. The average Bonchev–Trinajstić information content (AvgIpc) is 3.27. The Hall–Kier alpha value is -2.75. The lowest BCUT2D eigenvalue weighted by molar-refractivity contribution is -0.126. The molecule has 2 heterocycles. The van der Waals surface area contributed by atoms with Gasteiger partial charge in [-0.1, -0.05) is 46.6 Å². The first-order valence-electron chi connectivity index (χ1n) is 10.3. The molecular weight excluding hydrogens is 452 g/mol. The maximum absolute atomic E-state index is 12.9. The molecule has 0 aliphatic carbocycles. The number of nitrogens with zero attached hydrogens (tertiary/aromatic N) is 3. The molecule has 1 aliphatic heterocycles. The standard InChI is InChI=1S/C22H23ClN4O4S/c1-15-4-6-16(7-5-15)21-25-20(31-26-21)13-24-22(28)17-3-2-12-27(14-17)32(29,30)19-10-8-18(23)9-11-19/h4-11,17H,2-3,12-14H2,1H3,(H,24,28)/t17-/m1/s1. The number of nitrogens with one attached hydrogen (secondary N) is 1. The van der Waals surface area contributed by atoms with E-state index >= 15 is 0 Å². The molecule has 1 atom stereocenters. The van der Waals surface area contributed by atoms with Crippen LogP contribution in [0.2, 0.25) is 5.02 Å². The molecule has 0 bridgehead atoms. The molecule has 10 heteroatoms. The van der Waals surface area contributed by atoms with Crippen molar-refractivity contribution in [2.24, 2.45) is 5.92 Å². The van der Waals surface area contributed by atoms with Gasteiger partial charge in [0, 0.05) is 23.7 Å². The Labute approximate surface area is 191 Å². The zero-order valence-electron chi connectivity index (χ0n) is 17.5. The predicted molar refractivity (Wildman–Crippen MR) is 119 cm³/mol. The van der Waals surface area contributed by atoms with Crippen LogP contribution in [0.5, 0.6) is 0 Å². The summed E-state index contributed by atoms with van der Waals surface area (Å²) < 4.78 is 32.4. The topological polar surface area (TPSA) is 105 Å². The number of carbonyl (C=O) groups excluding carboxylic acids is 1. The molecule has 3 aromatic rings. The first kappa shape index (κ1) is 22.4. The number of amides is 1. The van der Waals surface area contributed by atoms with Crippen molar-refractivity contribution < 1.29 is 17.7 Å². The zero-order chi connectivity index (χ0) is 22.7. The van der Waals surface area contributed by atoms with E-state index in [2.05, 4.69) is 15.5 Å². The van der Waals surface area contributed by atoms with E-state index in [4.69, 9.17) is 16.1 Å². The van der Waals surface area contributed by atoms with Crippen LogP contribution in [0.1, 0.15) is 24.3 Å². The Bertz CT molecular complexity index is 1190. The lowest BCUT2D eigenvalue weighted by Crippen LogP contribution is -2.45. The molecule has 1 amide bonds. The van der Waals surface area contributed by atoms with Gasteiger partial charge in [-0.05, 0) is 44.0 Å². The number of sulfonamides is 1. The molecule has 0 spiro atoms. The first-order valence-corrected chi connectivity index (χ1v) is 12.1. The fourth-order valence-corrected chi connectivity index (χ4v) is 5.23. The number of aryl methyl sites for hydroxylation is 1. The third kappa shape index (κ3) is 5.01. The highest BCUT2D eigenvalue weighted by Crippen LogP contribution is 2.25. The Balaban J connectivity index is 1.36. The molecule has 0 unspecified atom stereocenters. The molecule has 1 fully saturated rings. The second kappa shape index (κ2) is 9.40. The van der Waals surface area contributed by atoms with Crippen LogP contribution in [0.25, 0.3) is 11.4 Å². The van der Waals surface area contributed by atoms with E-state index in [1.165, 1.54) is 28.6 Å². The van der Waals surface area contributed by atoms with Gasteiger partial charge in [0.2, 0.25) is 27.6 Å². The zero-order valence-corrected chi connectivity index (χ0v) is 19.1. The minimum Gasteiger partial charge on any atom is -0.347 e. The number of hydrogen-bond donors (Lipinski definition) is 1. The molecule has 1 saturated heterocycles. The Morgan fingerprint density at radius 3 is 2.62 bits per heavy atom. The van der Waals surface area contributed by atoms with E-state index in [0.717, 1.165) is 11.1 Å². The summed E-state index contributed by atoms with van der Waals surface area (Å²) in [6.07, 6.45) is 1.21. The van der Waals surface area contributed by atoms with Crippen molar-refractivity contribution in [3.63, 3.8) is 0 Å². The summed E-state index contributed by atoms with van der Waals surface area (Å²) in [4.78, 5) is 17.2. The van der Waals surface area contributed by atoms with Crippen molar-refractivity contribution in [2.75, 3.05) is 13.1 Å². The Kier molecular flexibility index (Phi) is 6.59. The number of piperidine rings is 1. The van der Waals surface area contributed by atoms with Crippen LogP contribution >= 0.6 is 11.6 Å². The van der Waals surface area contributed by atoms with Gasteiger partial charge >= 0.3 is 0 Å². The molecule has 1 aromatic heterocycles. The van der Waals surface area contributed by atoms with Crippen molar-refractivity contribution in [2.45, 2.75) is 31.2 Å². The summed E-state index contributed by atoms with van der Waals surface area (Å²) in [5.41, 5.74) is 1.96. The Morgan fingerprint density at radius 1 is 1.19 bits per heavy atom. The van der Waals surface area contributed by atoms with Crippen LogP contribution in [0.4, 0.5) is 0 Å². The number of hydrogen-bond acceptors (Lipinski definition) is 6. The van der Waals surface area contributed by atoms with Crippen LogP contribution in [-0.2, 0) is 21.4 Å². The van der Waals surface area contributed by atoms with Gasteiger partial charge in [0.05, 0.1) is 17.4 Å². The molecule has 2 aromatic carbocycles. The SMILES string of the molecule is Cc1ccc(-c2noc(CNC(=O)[C@@H]3CCCN(S(=O)(=O)c4ccc(Cl)cc4)C3)n2)cc1. The van der Waals surface area contributed by atoms with Gasteiger partial charge in [-0.3, -0.25) is 4.79 Å². The molecule has 0 saturated carbocycles. The monoisotopic (exact) mass is 474 g/mol. The largest absolute Gasteiger partial charge is 0.347 e. The van der Waals surface area contributed by atoms with Gasteiger partial charge in [0.15, 0.2) is 0 Å². The van der Waals surface area contributed by atoms with E-state index in [-0.39, 0.29) is 29.8 Å². The van der Waals surface area contributed by atoms with Crippen molar-refractivity contribution in [1.29, 1.82) is 0 Å². The number of benzene rings is 2. The van der Waals surface area contributed by atoms with Crippen molar-refractivity contribution in [1.82, 2.24) is 19.8 Å². The lowest BCUT2D eigenvalue weighted by Gasteiger charge is -2.31. The van der Waals surface area contributed by atoms with Gasteiger partial charge in [-0.2, -0.15) is 9.29 Å². The average molecular weight is 475 g/mol. The highest BCUT2D eigenvalue weighted by molar-refractivity contribution is 7.89. The van der Waals surface area contributed by atoms with Gasteiger partial charge in [0.25, 0.3) is 0 Å². The molecule has 1 aliphatic rings. The maximum Gasteiger partial charge on any atom is 0.246 e. The van der Waals surface area contributed by atoms with E-state index in [1.807, 2.05) is 31.2 Å². The van der Waals surface area contributed by atoms with Gasteiger partial charge < -0.3 is 9.84 Å². The highest BCUT2D eigenvalue weighted by atomic mass is 35.5. The number of halogens is 1. The minimum atomic E-state index is -3.69. The highest BCUT2D eigenvalue weighted by Gasteiger charge is 2.33. The molecule has 4 rings (SSSR count). The quantitative estimate of drug-likeness (QED) is 0.586. The maximum atomic E-state index is 12.9. The number of carbonyl (C=O) groups is 1. The van der Waals surface area contributed by atoms with E-state index in [0.29, 0.717) is 30.2 Å². The second-order valence-corrected chi connectivity index (χ2v) is 10.1. The first-order chi connectivity index (χ1) is 15.3. The molecule has 168 valence electrons. The van der Waals surface area contributed by atoms with E-state index < -0.39 is 15.9 Å². The van der Waals surface area contributed by atoms with Gasteiger partial charge in [0.1, 0.15) is 0 Å². The van der Waals surface area contributed by atoms with Crippen molar-refractivity contribution >= 4 is 27.5 Å². The van der Waals surface area contributed by atoms with E-state index in [9.17, 15) is 13.2 Å². The third-order valence-corrected chi connectivity index (χ3v) is 7.53. The van der Waals surface area contributed by atoms with Crippen LogP contribution in [-0.4, -0.2) is 41.9 Å². The van der Waals surface area contributed by atoms with Crippen molar-refractivity contribution in [3.05, 3.63) is 65.0 Å². The molecule has 32 heavy (non-hydrogen) atoms. The number of rotatable bonds is 6. The predicted octanol–water partition coefficient (Wildman–Crippen LogP) is 3.42. The number of aromatic nitrogens is 2. The molecule has 1 N–H and O–H groups in total.